The van der Waals surface area contributed by atoms with Crippen LogP contribution in [0.2, 0.25) is 0 Å². The molecule has 1 aliphatic rings. The van der Waals surface area contributed by atoms with E-state index < -0.39 is 10.0 Å². The SMILES string of the molecule is CN(c1ccc(O)cc1)C1CN(S(=O)(=O)c2ccc3[nH]ccc3c2)C1. The van der Waals surface area contributed by atoms with E-state index in [0.717, 1.165) is 16.6 Å². The Kier molecular flexibility index (Phi) is 3.70. The Morgan fingerprint density at radius 2 is 1.84 bits per heavy atom. The Morgan fingerprint density at radius 1 is 1.12 bits per heavy atom. The number of H-pyrrole nitrogens is 1. The number of hydrogen-bond donors (Lipinski definition) is 2. The molecular weight excluding hydrogens is 338 g/mol. The van der Waals surface area contributed by atoms with Crippen molar-refractivity contribution in [3.8, 4) is 5.75 Å². The van der Waals surface area contributed by atoms with E-state index >= 15 is 0 Å². The van der Waals surface area contributed by atoms with Crippen molar-refractivity contribution in [3.05, 3.63) is 54.7 Å². The van der Waals surface area contributed by atoms with Gasteiger partial charge in [0.1, 0.15) is 5.75 Å². The van der Waals surface area contributed by atoms with Crippen molar-refractivity contribution in [1.82, 2.24) is 9.29 Å². The van der Waals surface area contributed by atoms with Crippen LogP contribution in [0.3, 0.4) is 0 Å². The van der Waals surface area contributed by atoms with Gasteiger partial charge in [0.2, 0.25) is 10.0 Å². The fourth-order valence-corrected chi connectivity index (χ4v) is 4.65. The number of fused-ring (bicyclic) bond motifs is 1. The molecule has 130 valence electrons. The molecule has 0 bridgehead atoms. The van der Waals surface area contributed by atoms with E-state index in [-0.39, 0.29) is 11.8 Å². The number of rotatable bonds is 4. The number of phenols is 1. The summed E-state index contributed by atoms with van der Waals surface area (Å²) < 4.78 is 27.1. The molecule has 0 radical (unpaired) electrons. The van der Waals surface area contributed by atoms with Crippen LogP contribution in [0.25, 0.3) is 10.9 Å². The third-order valence-electron chi connectivity index (χ3n) is 4.80. The molecule has 0 spiro atoms. The second-order valence-corrected chi connectivity index (χ2v) is 8.27. The van der Waals surface area contributed by atoms with Crippen LogP contribution in [0.4, 0.5) is 5.69 Å². The molecule has 0 unspecified atom stereocenters. The molecule has 1 fully saturated rings. The molecule has 25 heavy (non-hydrogen) atoms. The molecule has 2 N–H and O–H groups in total. The first-order valence-electron chi connectivity index (χ1n) is 8.04. The van der Waals surface area contributed by atoms with E-state index in [1.807, 2.05) is 30.1 Å². The highest BCUT2D eigenvalue weighted by Crippen LogP contribution is 2.28. The summed E-state index contributed by atoms with van der Waals surface area (Å²) in [6, 6.07) is 14.0. The van der Waals surface area contributed by atoms with Crippen LogP contribution in [-0.2, 0) is 10.0 Å². The van der Waals surface area contributed by atoms with Gasteiger partial charge in [-0.15, -0.1) is 0 Å². The van der Waals surface area contributed by atoms with E-state index in [0.29, 0.717) is 18.0 Å². The molecule has 0 saturated carbocycles. The highest BCUT2D eigenvalue weighted by atomic mass is 32.2. The number of aromatic hydroxyl groups is 1. The third kappa shape index (κ3) is 2.75. The molecule has 6 nitrogen and oxygen atoms in total. The van der Waals surface area contributed by atoms with Gasteiger partial charge in [-0.25, -0.2) is 8.42 Å². The summed E-state index contributed by atoms with van der Waals surface area (Å²) in [6.07, 6.45) is 1.80. The second kappa shape index (κ2) is 5.79. The molecule has 4 rings (SSSR count). The predicted molar refractivity (Wildman–Crippen MR) is 97.4 cm³/mol. The lowest BCUT2D eigenvalue weighted by Crippen LogP contribution is -2.60. The molecule has 2 heterocycles. The summed E-state index contributed by atoms with van der Waals surface area (Å²) >= 11 is 0. The number of anilines is 1. The monoisotopic (exact) mass is 357 g/mol. The third-order valence-corrected chi connectivity index (χ3v) is 6.62. The number of likely N-dealkylation sites (N-methyl/N-ethyl adjacent to an activating group) is 1. The van der Waals surface area contributed by atoms with Crippen molar-refractivity contribution < 1.29 is 13.5 Å². The van der Waals surface area contributed by atoms with E-state index in [1.54, 1.807) is 36.5 Å². The molecular formula is C18H19N3O3S. The largest absolute Gasteiger partial charge is 0.508 e. The Hall–Kier alpha value is -2.51. The molecule has 0 amide bonds. The quantitative estimate of drug-likeness (QED) is 0.752. The smallest absolute Gasteiger partial charge is 0.243 e. The van der Waals surface area contributed by atoms with Crippen LogP contribution in [0.15, 0.2) is 59.6 Å². The fraction of sp³-hybridized carbons (Fsp3) is 0.222. The maximum absolute atomic E-state index is 12.8. The Morgan fingerprint density at radius 3 is 2.56 bits per heavy atom. The second-order valence-electron chi connectivity index (χ2n) is 6.33. The summed E-state index contributed by atoms with van der Waals surface area (Å²) in [7, 11) is -1.54. The highest BCUT2D eigenvalue weighted by Gasteiger charge is 2.38. The number of aromatic amines is 1. The Bertz CT molecular complexity index is 1010. The first-order chi connectivity index (χ1) is 11.9. The lowest BCUT2D eigenvalue weighted by atomic mass is 10.1. The summed E-state index contributed by atoms with van der Waals surface area (Å²) in [5, 5.41) is 10.3. The van der Waals surface area contributed by atoms with Gasteiger partial charge in [0.15, 0.2) is 0 Å². The first-order valence-corrected chi connectivity index (χ1v) is 9.48. The normalized spacial score (nSPS) is 16.0. The fourth-order valence-electron chi connectivity index (χ4n) is 3.10. The molecule has 1 aliphatic heterocycles. The number of nitrogens with zero attached hydrogens (tertiary/aromatic N) is 2. The van der Waals surface area contributed by atoms with Crippen molar-refractivity contribution >= 4 is 26.6 Å². The lowest BCUT2D eigenvalue weighted by Gasteiger charge is -2.43. The van der Waals surface area contributed by atoms with Gasteiger partial charge in [-0.2, -0.15) is 4.31 Å². The number of hydrogen-bond acceptors (Lipinski definition) is 4. The van der Waals surface area contributed by atoms with Crippen molar-refractivity contribution in [3.63, 3.8) is 0 Å². The van der Waals surface area contributed by atoms with Gasteiger partial charge < -0.3 is 15.0 Å². The zero-order valence-electron chi connectivity index (χ0n) is 13.8. The molecule has 7 heteroatoms. The van der Waals surface area contributed by atoms with E-state index in [1.165, 1.54) is 4.31 Å². The summed E-state index contributed by atoms with van der Waals surface area (Å²) in [6.45, 7) is 0.899. The number of aromatic nitrogens is 1. The van der Waals surface area contributed by atoms with Crippen molar-refractivity contribution in [2.75, 3.05) is 25.0 Å². The van der Waals surface area contributed by atoms with E-state index in [2.05, 4.69) is 4.98 Å². The number of phenolic OH excluding ortho intramolecular Hbond substituents is 1. The number of benzene rings is 2. The summed E-state index contributed by atoms with van der Waals surface area (Å²) in [5.74, 6) is 0.218. The van der Waals surface area contributed by atoms with Crippen LogP contribution < -0.4 is 4.90 Å². The van der Waals surface area contributed by atoms with Gasteiger partial charge in [0.05, 0.1) is 10.9 Å². The minimum absolute atomic E-state index is 0.121. The predicted octanol–water partition coefficient (Wildman–Crippen LogP) is 2.38. The van der Waals surface area contributed by atoms with Crippen molar-refractivity contribution in [2.24, 2.45) is 0 Å². The average Bonchev–Trinajstić information content (AvgIpc) is 3.01. The Balaban J connectivity index is 1.49. The summed E-state index contributed by atoms with van der Waals surface area (Å²) in [5.41, 5.74) is 1.88. The van der Waals surface area contributed by atoms with Crippen LogP contribution in [0.1, 0.15) is 0 Å². The summed E-state index contributed by atoms with van der Waals surface area (Å²) in [4.78, 5) is 5.43. The zero-order chi connectivity index (χ0) is 17.6. The van der Waals surface area contributed by atoms with E-state index in [4.69, 9.17) is 0 Å². The molecule has 1 aromatic heterocycles. The standard InChI is InChI=1S/C18H19N3O3S/c1-20(14-2-4-16(22)5-3-14)15-11-21(12-15)25(23,24)17-6-7-18-13(10-17)8-9-19-18/h2-10,15,19,22H,11-12H2,1H3. The molecule has 0 aliphatic carbocycles. The van der Waals surface area contributed by atoms with Gasteiger partial charge in [0, 0.05) is 42.9 Å². The van der Waals surface area contributed by atoms with Crippen LogP contribution in [-0.4, -0.2) is 49.0 Å². The minimum atomic E-state index is -3.47. The molecule has 0 atom stereocenters. The van der Waals surface area contributed by atoms with Crippen molar-refractivity contribution in [2.45, 2.75) is 10.9 Å². The maximum atomic E-state index is 12.8. The zero-order valence-corrected chi connectivity index (χ0v) is 14.6. The molecule has 1 saturated heterocycles. The van der Waals surface area contributed by atoms with Crippen LogP contribution in [0, 0.1) is 0 Å². The van der Waals surface area contributed by atoms with Gasteiger partial charge >= 0.3 is 0 Å². The topological polar surface area (TPSA) is 76.6 Å². The highest BCUT2D eigenvalue weighted by molar-refractivity contribution is 7.89. The van der Waals surface area contributed by atoms with Gasteiger partial charge in [-0.1, -0.05) is 0 Å². The van der Waals surface area contributed by atoms with Crippen molar-refractivity contribution in [1.29, 1.82) is 0 Å². The average molecular weight is 357 g/mol. The van der Waals surface area contributed by atoms with Crippen LogP contribution >= 0.6 is 0 Å². The first kappa shape index (κ1) is 16.0. The molecule has 2 aromatic carbocycles. The molecule has 3 aromatic rings. The maximum Gasteiger partial charge on any atom is 0.243 e. The number of nitrogens with one attached hydrogen (secondary N) is 1. The van der Waals surface area contributed by atoms with Gasteiger partial charge in [-0.3, -0.25) is 0 Å². The lowest BCUT2D eigenvalue weighted by molar-refractivity contribution is 0.259. The minimum Gasteiger partial charge on any atom is -0.508 e. The van der Waals surface area contributed by atoms with E-state index in [9.17, 15) is 13.5 Å². The van der Waals surface area contributed by atoms with Gasteiger partial charge in [0.25, 0.3) is 0 Å². The number of sulfonamides is 1. The van der Waals surface area contributed by atoms with Gasteiger partial charge in [-0.05, 0) is 48.5 Å². The Labute approximate surface area is 146 Å². The van der Waals surface area contributed by atoms with Crippen LogP contribution in [0.5, 0.6) is 5.75 Å².